The van der Waals surface area contributed by atoms with Gasteiger partial charge in [0.2, 0.25) is 5.91 Å². The number of nitrogens with one attached hydrogen (secondary N) is 1. The lowest BCUT2D eigenvalue weighted by Gasteiger charge is -2.41. The number of benzene rings is 3. The third-order valence-corrected chi connectivity index (χ3v) is 5.84. The van der Waals surface area contributed by atoms with Crippen molar-refractivity contribution in [2.24, 2.45) is 0 Å². The first kappa shape index (κ1) is 19.9. The van der Waals surface area contributed by atoms with Gasteiger partial charge < -0.3 is 10.2 Å². The van der Waals surface area contributed by atoms with Crippen LogP contribution in [0.1, 0.15) is 48.7 Å². The Bertz CT molecular complexity index is 1040. The monoisotopic (exact) mass is 398 g/mol. The fraction of sp³-hybridized carbons (Fsp3) is 0.231. The van der Waals surface area contributed by atoms with Crippen LogP contribution in [0.5, 0.6) is 0 Å². The van der Waals surface area contributed by atoms with Crippen LogP contribution in [0.15, 0.2) is 72.8 Å². The predicted octanol–water partition coefficient (Wildman–Crippen LogP) is 5.85. The summed E-state index contributed by atoms with van der Waals surface area (Å²) >= 11 is 0. The lowest BCUT2D eigenvalue weighted by molar-refractivity contribution is -0.117. The molecule has 0 saturated heterocycles. The molecule has 0 aromatic heterocycles. The number of para-hydroxylation sites is 1. The van der Waals surface area contributed by atoms with Crippen LogP contribution >= 0.6 is 0 Å². The third-order valence-electron chi connectivity index (χ3n) is 5.84. The zero-order valence-electron chi connectivity index (χ0n) is 17.3. The topological polar surface area (TPSA) is 49.4 Å². The van der Waals surface area contributed by atoms with E-state index in [1.807, 2.05) is 47.4 Å². The average molecular weight is 399 g/mol. The van der Waals surface area contributed by atoms with E-state index in [0.717, 1.165) is 47.2 Å². The van der Waals surface area contributed by atoms with E-state index in [1.165, 1.54) is 0 Å². The molecule has 0 saturated carbocycles. The molecule has 0 fully saturated rings. The molecule has 2 atom stereocenters. The van der Waals surface area contributed by atoms with Crippen molar-refractivity contribution in [3.05, 3.63) is 83.9 Å². The molecule has 1 N–H and O–H groups in total. The Kier molecular flexibility index (Phi) is 5.66. The summed E-state index contributed by atoms with van der Waals surface area (Å²) < 4.78 is 0. The number of rotatable bonds is 5. The molecule has 4 rings (SSSR count). The number of hydrogen-bond donors (Lipinski definition) is 1. The predicted molar refractivity (Wildman–Crippen MR) is 122 cm³/mol. The maximum absolute atomic E-state index is 12.5. The van der Waals surface area contributed by atoms with Crippen LogP contribution in [0.3, 0.4) is 0 Å². The van der Waals surface area contributed by atoms with Crippen molar-refractivity contribution < 1.29 is 9.59 Å². The van der Waals surface area contributed by atoms with Gasteiger partial charge in [0.15, 0.2) is 0 Å². The summed E-state index contributed by atoms with van der Waals surface area (Å²) in [4.78, 5) is 25.4. The number of hydrogen-bond acceptors (Lipinski definition) is 3. The van der Waals surface area contributed by atoms with Gasteiger partial charge in [0.1, 0.15) is 6.29 Å². The number of carbonyl (C=O) groups excluding carboxylic acids is 2. The molecule has 1 aliphatic rings. The van der Waals surface area contributed by atoms with E-state index in [-0.39, 0.29) is 18.0 Å². The van der Waals surface area contributed by atoms with Gasteiger partial charge in [-0.3, -0.25) is 9.59 Å². The van der Waals surface area contributed by atoms with Gasteiger partial charge in [0.25, 0.3) is 0 Å². The highest BCUT2D eigenvalue weighted by molar-refractivity contribution is 5.94. The summed E-state index contributed by atoms with van der Waals surface area (Å²) in [5.41, 5.74) is 5.95. The summed E-state index contributed by atoms with van der Waals surface area (Å²) in [6.45, 7) is 3.78. The first-order valence-electron chi connectivity index (χ1n) is 10.4. The summed E-state index contributed by atoms with van der Waals surface area (Å²) in [6, 6.07) is 24.3. The Morgan fingerprint density at radius 1 is 1.03 bits per heavy atom. The molecule has 1 amide bonds. The van der Waals surface area contributed by atoms with Crippen molar-refractivity contribution >= 4 is 23.6 Å². The molecule has 0 bridgehead atoms. The number of anilines is 2. The smallest absolute Gasteiger partial charge is 0.224 e. The van der Waals surface area contributed by atoms with E-state index >= 15 is 0 Å². The quantitative estimate of drug-likeness (QED) is 0.548. The number of aldehydes is 1. The Morgan fingerprint density at radius 2 is 1.73 bits per heavy atom. The molecule has 4 heteroatoms. The molecule has 3 aromatic rings. The molecular formula is C26H26N2O2. The van der Waals surface area contributed by atoms with Crippen LogP contribution < -0.4 is 10.2 Å². The third kappa shape index (κ3) is 3.86. The Morgan fingerprint density at radius 3 is 2.37 bits per heavy atom. The summed E-state index contributed by atoms with van der Waals surface area (Å²) in [6.07, 6.45) is 2.61. The standard InChI is InChI=1S/C26H26N2O2/c1-3-23-16-25(27-22-7-5-4-6-8-22)24-15-21(13-14-26(24)28(23)18(2)30)20-11-9-19(17-29)10-12-20/h4-15,17,23,25,27H,3,16H2,1-2H3/t23-,25+/m1/s1. The van der Waals surface area contributed by atoms with Crippen LogP contribution in [0.4, 0.5) is 11.4 Å². The van der Waals surface area contributed by atoms with Gasteiger partial charge in [-0.05, 0) is 53.8 Å². The summed E-state index contributed by atoms with van der Waals surface area (Å²) in [5, 5.41) is 3.67. The van der Waals surface area contributed by atoms with E-state index in [9.17, 15) is 9.59 Å². The maximum Gasteiger partial charge on any atom is 0.224 e. The highest BCUT2D eigenvalue weighted by Gasteiger charge is 2.34. The molecule has 0 spiro atoms. The fourth-order valence-corrected chi connectivity index (χ4v) is 4.34. The molecule has 152 valence electrons. The number of fused-ring (bicyclic) bond motifs is 1. The van der Waals surface area contributed by atoms with Gasteiger partial charge >= 0.3 is 0 Å². The average Bonchev–Trinajstić information content (AvgIpc) is 2.79. The Labute approximate surface area is 177 Å². The first-order chi connectivity index (χ1) is 14.6. The van der Waals surface area contributed by atoms with E-state index < -0.39 is 0 Å². The minimum Gasteiger partial charge on any atom is -0.378 e. The zero-order chi connectivity index (χ0) is 21.1. The van der Waals surface area contributed by atoms with Crippen LogP contribution in [0, 0.1) is 0 Å². The van der Waals surface area contributed by atoms with Crippen molar-refractivity contribution in [3.63, 3.8) is 0 Å². The highest BCUT2D eigenvalue weighted by Crippen LogP contribution is 2.42. The summed E-state index contributed by atoms with van der Waals surface area (Å²) in [7, 11) is 0. The van der Waals surface area contributed by atoms with E-state index in [1.54, 1.807) is 6.92 Å². The lowest BCUT2D eigenvalue weighted by atomic mass is 9.87. The van der Waals surface area contributed by atoms with Crippen molar-refractivity contribution in [1.29, 1.82) is 0 Å². The number of nitrogens with zero attached hydrogens (tertiary/aromatic N) is 1. The van der Waals surface area contributed by atoms with Crippen molar-refractivity contribution in [2.45, 2.75) is 38.8 Å². The maximum atomic E-state index is 12.5. The molecular weight excluding hydrogens is 372 g/mol. The normalized spacial score (nSPS) is 17.9. The van der Waals surface area contributed by atoms with E-state index in [2.05, 4.69) is 42.6 Å². The van der Waals surface area contributed by atoms with Crippen molar-refractivity contribution in [3.8, 4) is 11.1 Å². The van der Waals surface area contributed by atoms with Gasteiger partial charge in [-0.25, -0.2) is 0 Å². The molecule has 4 nitrogen and oxygen atoms in total. The second-order valence-corrected chi connectivity index (χ2v) is 7.76. The number of carbonyl (C=O) groups is 2. The minimum absolute atomic E-state index is 0.0735. The van der Waals surface area contributed by atoms with Gasteiger partial charge in [-0.1, -0.05) is 55.5 Å². The SMILES string of the molecule is CC[C@@H]1C[C@H](Nc2ccccc2)c2cc(-c3ccc(C=O)cc3)ccc2N1C(C)=O. The van der Waals surface area contributed by atoms with Crippen LogP contribution in [0.25, 0.3) is 11.1 Å². The summed E-state index contributed by atoms with van der Waals surface area (Å²) in [5.74, 6) is 0.0735. The molecule has 3 aromatic carbocycles. The first-order valence-corrected chi connectivity index (χ1v) is 10.4. The Balaban J connectivity index is 1.78. The lowest BCUT2D eigenvalue weighted by Crippen LogP contribution is -2.44. The number of amides is 1. The van der Waals surface area contributed by atoms with Gasteiger partial charge in [0.05, 0.1) is 6.04 Å². The second-order valence-electron chi connectivity index (χ2n) is 7.76. The fourth-order valence-electron chi connectivity index (χ4n) is 4.34. The largest absolute Gasteiger partial charge is 0.378 e. The van der Waals surface area contributed by atoms with Crippen molar-refractivity contribution in [2.75, 3.05) is 10.2 Å². The molecule has 0 aliphatic carbocycles. The molecule has 1 heterocycles. The molecule has 30 heavy (non-hydrogen) atoms. The van der Waals surface area contributed by atoms with Gasteiger partial charge in [0, 0.05) is 29.9 Å². The highest BCUT2D eigenvalue weighted by atomic mass is 16.2. The van der Waals surface area contributed by atoms with Crippen molar-refractivity contribution in [1.82, 2.24) is 0 Å². The van der Waals surface area contributed by atoms with Gasteiger partial charge in [-0.15, -0.1) is 0 Å². The van der Waals surface area contributed by atoms with E-state index in [4.69, 9.17) is 0 Å². The Hall–Kier alpha value is -3.40. The molecule has 0 radical (unpaired) electrons. The van der Waals surface area contributed by atoms with Gasteiger partial charge in [-0.2, -0.15) is 0 Å². The molecule has 1 aliphatic heterocycles. The second kappa shape index (κ2) is 8.54. The van der Waals surface area contributed by atoms with Crippen LogP contribution in [0.2, 0.25) is 0 Å². The van der Waals surface area contributed by atoms with E-state index in [0.29, 0.717) is 5.56 Å². The molecule has 0 unspecified atom stereocenters. The van der Waals surface area contributed by atoms with Crippen LogP contribution in [-0.2, 0) is 4.79 Å². The van der Waals surface area contributed by atoms with Crippen LogP contribution in [-0.4, -0.2) is 18.2 Å². The zero-order valence-corrected chi connectivity index (χ0v) is 17.3. The minimum atomic E-state index is 0.0735.